The molecule has 2 aromatic rings. The Labute approximate surface area is 134 Å². The Bertz CT molecular complexity index is 678. The van der Waals surface area contributed by atoms with Crippen LogP contribution in [0.3, 0.4) is 0 Å². The van der Waals surface area contributed by atoms with E-state index in [0.29, 0.717) is 24.9 Å². The zero-order valence-electron chi connectivity index (χ0n) is 12.7. The summed E-state index contributed by atoms with van der Waals surface area (Å²) in [7, 11) is 0. The SMILES string of the molecule is O=C(Cc1cccc(F)c1)N1CC[C@H](O)[C@@H]1Cc1cccnc1. The zero-order chi connectivity index (χ0) is 16.2. The maximum absolute atomic E-state index is 13.2. The summed E-state index contributed by atoms with van der Waals surface area (Å²) in [5.74, 6) is -0.426. The highest BCUT2D eigenvalue weighted by Gasteiger charge is 2.35. The second-order valence-corrected chi connectivity index (χ2v) is 5.88. The summed E-state index contributed by atoms with van der Waals surface area (Å²) in [4.78, 5) is 18.3. The van der Waals surface area contributed by atoms with Gasteiger partial charge in [0.05, 0.1) is 18.6 Å². The number of hydrogen-bond acceptors (Lipinski definition) is 3. The van der Waals surface area contributed by atoms with Crippen molar-refractivity contribution in [2.24, 2.45) is 0 Å². The lowest BCUT2D eigenvalue weighted by molar-refractivity contribution is -0.132. The third kappa shape index (κ3) is 3.74. The number of aromatic nitrogens is 1. The lowest BCUT2D eigenvalue weighted by atomic mass is 10.0. The van der Waals surface area contributed by atoms with E-state index in [1.54, 1.807) is 29.4 Å². The molecule has 120 valence electrons. The fourth-order valence-electron chi connectivity index (χ4n) is 3.08. The topological polar surface area (TPSA) is 53.4 Å². The molecular formula is C18H19FN2O2. The number of carbonyl (C=O) groups is 1. The third-order valence-corrected chi connectivity index (χ3v) is 4.24. The number of nitrogens with zero attached hydrogens (tertiary/aromatic N) is 2. The van der Waals surface area contributed by atoms with Gasteiger partial charge in [0.25, 0.3) is 0 Å². The number of halogens is 1. The first-order valence-electron chi connectivity index (χ1n) is 7.74. The van der Waals surface area contributed by atoms with Crippen LogP contribution in [0, 0.1) is 5.82 Å². The van der Waals surface area contributed by atoms with Gasteiger partial charge < -0.3 is 10.0 Å². The van der Waals surface area contributed by atoms with Crippen molar-refractivity contribution >= 4 is 5.91 Å². The molecule has 0 unspecified atom stereocenters. The van der Waals surface area contributed by atoms with Gasteiger partial charge in [-0.25, -0.2) is 4.39 Å². The normalized spacial score (nSPS) is 20.7. The number of aliphatic hydroxyl groups is 1. The summed E-state index contributed by atoms with van der Waals surface area (Å²) in [6.45, 7) is 0.528. The summed E-state index contributed by atoms with van der Waals surface area (Å²) >= 11 is 0. The average Bonchev–Trinajstić information content (AvgIpc) is 2.89. The van der Waals surface area contributed by atoms with Crippen LogP contribution in [0.15, 0.2) is 48.8 Å². The molecule has 3 rings (SSSR count). The van der Waals surface area contributed by atoms with Crippen molar-refractivity contribution in [2.75, 3.05) is 6.54 Å². The van der Waals surface area contributed by atoms with Gasteiger partial charge in [0.15, 0.2) is 0 Å². The second kappa shape index (κ2) is 6.87. The van der Waals surface area contributed by atoms with Gasteiger partial charge in [0, 0.05) is 18.9 Å². The largest absolute Gasteiger partial charge is 0.391 e. The molecule has 1 aromatic carbocycles. The Hall–Kier alpha value is -2.27. The standard InChI is InChI=1S/C18H19FN2O2/c19-15-5-1-3-13(9-15)11-18(23)21-8-6-17(22)16(21)10-14-4-2-7-20-12-14/h1-5,7,9,12,16-17,22H,6,8,10-11H2/t16-,17-/m0/s1. The van der Waals surface area contributed by atoms with E-state index in [-0.39, 0.29) is 24.2 Å². The number of rotatable bonds is 4. The Morgan fingerprint density at radius 2 is 2.13 bits per heavy atom. The molecule has 1 fully saturated rings. The molecule has 2 atom stereocenters. The molecule has 0 aliphatic carbocycles. The Balaban J connectivity index is 1.71. The predicted molar refractivity (Wildman–Crippen MR) is 84.2 cm³/mol. The van der Waals surface area contributed by atoms with Crippen LogP contribution < -0.4 is 0 Å². The number of carbonyl (C=O) groups excluding carboxylic acids is 1. The summed E-state index contributed by atoms with van der Waals surface area (Å²) in [5, 5.41) is 10.2. The van der Waals surface area contributed by atoms with Gasteiger partial charge in [-0.3, -0.25) is 9.78 Å². The molecule has 4 nitrogen and oxygen atoms in total. The average molecular weight is 314 g/mol. The van der Waals surface area contributed by atoms with Crippen LogP contribution in [0.5, 0.6) is 0 Å². The highest BCUT2D eigenvalue weighted by atomic mass is 19.1. The molecule has 5 heteroatoms. The van der Waals surface area contributed by atoms with Crippen LogP contribution >= 0.6 is 0 Å². The second-order valence-electron chi connectivity index (χ2n) is 5.88. The predicted octanol–water partition coefficient (Wildman–Crippen LogP) is 1.97. The quantitative estimate of drug-likeness (QED) is 0.939. The van der Waals surface area contributed by atoms with E-state index in [1.165, 1.54) is 12.1 Å². The summed E-state index contributed by atoms with van der Waals surface area (Å²) in [6, 6.07) is 9.61. The molecule has 1 N–H and O–H groups in total. The van der Waals surface area contributed by atoms with Crippen LogP contribution in [0.1, 0.15) is 17.5 Å². The number of aliphatic hydroxyl groups excluding tert-OH is 1. The van der Waals surface area contributed by atoms with E-state index >= 15 is 0 Å². The Morgan fingerprint density at radius 3 is 2.87 bits per heavy atom. The molecule has 1 aliphatic heterocycles. The Kier molecular flexibility index (Phi) is 4.67. The molecule has 0 radical (unpaired) electrons. The number of benzene rings is 1. The molecule has 0 saturated carbocycles. The van der Waals surface area contributed by atoms with Crippen molar-refractivity contribution in [1.29, 1.82) is 0 Å². The first kappa shape index (κ1) is 15.6. The van der Waals surface area contributed by atoms with Gasteiger partial charge in [-0.05, 0) is 42.2 Å². The van der Waals surface area contributed by atoms with Crippen LogP contribution in [0.4, 0.5) is 4.39 Å². The van der Waals surface area contributed by atoms with E-state index in [2.05, 4.69) is 4.98 Å². The smallest absolute Gasteiger partial charge is 0.227 e. The first-order valence-corrected chi connectivity index (χ1v) is 7.74. The van der Waals surface area contributed by atoms with E-state index in [1.807, 2.05) is 12.1 Å². The first-order chi connectivity index (χ1) is 11.1. The van der Waals surface area contributed by atoms with Crippen molar-refractivity contribution in [3.05, 3.63) is 65.7 Å². The van der Waals surface area contributed by atoms with Gasteiger partial charge in [0.2, 0.25) is 5.91 Å². The van der Waals surface area contributed by atoms with Gasteiger partial charge >= 0.3 is 0 Å². The lowest BCUT2D eigenvalue weighted by Crippen LogP contribution is -2.41. The fourth-order valence-corrected chi connectivity index (χ4v) is 3.08. The molecule has 23 heavy (non-hydrogen) atoms. The number of amides is 1. The molecule has 1 aromatic heterocycles. The molecule has 1 amide bonds. The monoisotopic (exact) mass is 314 g/mol. The summed E-state index contributed by atoms with van der Waals surface area (Å²) in [5.41, 5.74) is 1.64. The van der Waals surface area contributed by atoms with E-state index < -0.39 is 6.10 Å². The zero-order valence-corrected chi connectivity index (χ0v) is 12.7. The highest BCUT2D eigenvalue weighted by molar-refractivity contribution is 5.79. The molecule has 0 bridgehead atoms. The molecule has 2 heterocycles. The van der Waals surface area contributed by atoms with Gasteiger partial charge in [-0.2, -0.15) is 0 Å². The maximum atomic E-state index is 13.2. The van der Waals surface area contributed by atoms with Crippen LogP contribution in [-0.4, -0.2) is 39.6 Å². The molecule has 1 aliphatic rings. The number of likely N-dealkylation sites (tertiary alicyclic amines) is 1. The molecule has 0 spiro atoms. The van der Waals surface area contributed by atoms with Crippen LogP contribution in [0.25, 0.3) is 0 Å². The summed E-state index contributed by atoms with van der Waals surface area (Å²) < 4.78 is 13.2. The minimum Gasteiger partial charge on any atom is -0.391 e. The van der Waals surface area contributed by atoms with E-state index in [4.69, 9.17) is 0 Å². The van der Waals surface area contributed by atoms with Crippen LogP contribution in [-0.2, 0) is 17.6 Å². The Morgan fingerprint density at radius 1 is 1.30 bits per heavy atom. The number of pyridine rings is 1. The van der Waals surface area contributed by atoms with Crippen molar-refractivity contribution < 1.29 is 14.3 Å². The van der Waals surface area contributed by atoms with Crippen molar-refractivity contribution in [3.63, 3.8) is 0 Å². The van der Waals surface area contributed by atoms with E-state index in [9.17, 15) is 14.3 Å². The third-order valence-electron chi connectivity index (χ3n) is 4.24. The molecule has 1 saturated heterocycles. The van der Waals surface area contributed by atoms with Gasteiger partial charge in [-0.1, -0.05) is 18.2 Å². The van der Waals surface area contributed by atoms with Crippen LogP contribution in [0.2, 0.25) is 0 Å². The van der Waals surface area contributed by atoms with Crippen molar-refractivity contribution in [1.82, 2.24) is 9.88 Å². The minimum absolute atomic E-state index is 0.0824. The van der Waals surface area contributed by atoms with Gasteiger partial charge in [0.1, 0.15) is 5.82 Å². The highest BCUT2D eigenvalue weighted by Crippen LogP contribution is 2.23. The lowest BCUT2D eigenvalue weighted by Gasteiger charge is -2.26. The number of hydrogen-bond donors (Lipinski definition) is 1. The van der Waals surface area contributed by atoms with Gasteiger partial charge in [-0.15, -0.1) is 0 Å². The van der Waals surface area contributed by atoms with Crippen molar-refractivity contribution in [3.8, 4) is 0 Å². The maximum Gasteiger partial charge on any atom is 0.227 e. The minimum atomic E-state index is -0.535. The fraction of sp³-hybridized carbons (Fsp3) is 0.333. The molecular weight excluding hydrogens is 295 g/mol. The van der Waals surface area contributed by atoms with E-state index in [0.717, 1.165) is 5.56 Å². The summed E-state index contributed by atoms with van der Waals surface area (Å²) in [6.07, 6.45) is 4.20. The van der Waals surface area contributed by atoms with Crippen molar-refractivity contribution in [2.45, 2.75) is 31.4 Å².